The highest BCUT2D eigenvalue weighted by Gasteiger charge is 2.38. The molecule has 8 aromatic rings. The molecule has 266 valence electrons. The summed E-state index contributed by atoms with van der Waals surface area (Å²) in [7, 11) is 0. The molecule has 2 atom stereocenters. The molecule has 1 aliphatic heterocycles. The van der Waals surface area contributed by atoms with Gasteiger partial charge in [0.25, 0.3) is 0 Å². The Bertz CT molecular complexity index is 2640. The minimum absolute atomic E-state index is 0.247. The average molecular weight is 717 g/mol. The van der Waals surface area contributed by atoms with Crippen LogP contribution in [0.2, 0.25) is 0 Å². The van der Waals surface area contributed by atoms with Gasteiger partial charge >= 0.3 is 0 Å². The van der Waals surface area contributed by atoms with Crippen molar-refractivity contribution in [3.63, 3.8) is 0 Å². The van der Waals surface area contributed by atoms with Crippen molar-refractivity contribution >= 4 is 34.0 Å². The fourth-order valence-corrected chi connectivity index (χ4v) is 8.40. The molecule has 10 rings (SSSR count). The van der Waals surface area contributed by atoms with Crippen LogP contribution in [0.1, 0.15) is 17.0 Å². The number of rotatable bonds is 8. The van der Waals surface area contributed by atoms with Gasteiger partial charge in [-0.25, -0.2) is 0 Å². The summed E-state index contributed by atoms with van der Waals surface area (Å²) in [5.74, 6) is 0.277. The van der Waals surface area contributed by atoms with E-state index >= 15 is 0 Å². The van der Waals surface area contributed by atoms with Crippen molar-refractivity contribution in [3.8, 4) is 33.4 Å². The maximum atomic E-state index is 2.48. The van der Waals surface area contributed by atoms with Gasteiger partial charge in [0.2, 0.25) is 0 Å². The molecule has 0 aromatic heterocycles. The maximum Gasteiger partial charge on any atom is 0.0630 e. The van der Waals surface area contributed by atoms with Gasteiger partial charge in [0.05, 0.1) is 6.04 Å². The summed E-state index contributed by atoms with van der Waals surface area (Å²) in [6.45, 7) is 0. The second-order valence-corrected chi connectivity index (χ2v) is 14.5. The Morgan fingerprint density at radius 1 is 0.357 bits per heavy atom. The van der Waals surface area contributed by atoms with E-state index in [1.807, 2.05) is 0 Å². The lowest BCUT2D eigenvalue weighted by Crippen LogP contribution is -2.28. The summed E-state index contributed by atoms with van der Waals surface area (Å²) in [6.07, 6.45) is 7.16. The molecule has 8 aromatic carbocycles. The van der Waals surface area contributed by atoms with Crippen LogP contribution in [0.15, 0.2) is 231 Å². The monoisotopic (exact) mass is 716 g/mol. The first-order valence-corrected chi connectivity index (χ1v) is 19.4. The standard InChI is InChI=1S/C54H40N2/c1-4-12-39(13-5-1)41-20-22-42(23-21-41)44-26-33-49(34-27-44)55(48-31-24-43(25-32-48)40-14-6-2-7-15-40)50-35-28-45(29-36-50)46-30-37-54-52(38-46)51-18-10-11-19-53(51)56(54)47-16-8-3-9-17-47/h1-38,52,54H. The first-order valence-electron chi connectivity index (χ1n) is 19.4. The molecule has 0 fully saturated rings. The van der Waals surface area contributed by atoms with Crippen LogP contribution in [0.4, 0.5) is 28.4 Å². The molecule has 1 aliphatic carbocycles. The number of allylic oxidation sites excluding steroid dienone is 2. The van der Waals surface area contributed by atoms with Crippen molar-refractivity contribution in [2.45, 2.75) is 12.0 Å². The molecule has 56 heavy (non-hydrogen) atoms. The van der Waals surface area contributed by atoms with E-state index in [9.17, 15) is 0 Å². The lowest BCUT2D eigenvalue weighted by Gasteiger charge is -2.30. The third-order valence-electron chi connectivity index (χ3n) is 11.2. The van der Waals surface area contributed by atoms with E-state index < -0.39 is 0 Å². The normalized spacial score (nSPS) is 15.5. The summed E-state index contributed by atoms with van der Waals surface area (Å²) in [4.78, 5) is 4.84. The van der Waals surface area contributed by atoms with E-state index in [-0.39, 0.29) is 12.0 Å². The Morgan fingerprint density at radius 3 is 1.25 bits per heavy atom. The van der Waals surface area contributed by atoms with Crippen LogP contribution in [0.25, 0.3) is 39.0 Å². The van der Waals surface area contributed by atoms with Gasteiger partial charge in [-0.1, -0.05) is 176 Å². The summed E-state index contributed by atoms with van der Waals surface area (Å²) < 4.78 is 0. The van der Waals surface area contributed by atoms with Crippen molar-refractivity contribution < 1.29 is 0 Å². The zero-order chi connectivity index (χ0) is 37.3. The fraction of sp³-hybridized carbons (Fsp3) is 0.0370. The second kappa shape index (κ2) is 14.6. The number of fused-ring (bicyclic) bond motifs is 3. The number of hydrogen-bond acceptors (Lipinski definition) is 2. The van der Waals surface area contributed by atoms with Gasteiger partial charge in [0, 0.05) is 34.4 Å². The topological polar surface area (TPSA) is 6.48 Å². The molecular weight excluding hydrogens is 677 g/mol. The number of benzene rings is 8. The average Bonchev–Trinajstić information content (AvgIpc) is 3.62. The van der Waals surface area contributed by atoms with Gasteiger partial charge in [0.15, 0.2) is 0 Å². The molecule has 2 aliphatic rings. The van der Waals surface area contributed by atoms with Crippen LogP contribution in [0.3, 0.4) is 0 Å². The predicted molar refractivity (Wildman–Crippen MR) is 236 cm³/mol. The third-order valence-corrected chi connectivity index (χ3v) is 11.2. The van der Waals surface area contributed by atoms with Crippen LogP contribution < -0.4 is 9.80 Å². The van der Waals surface area contributed by atoms with Crippen molar-refractivity contribution in [3.05, 3.63) is 242 Å². The summed E-state index contributed by atoms with van der Waals surface area (Å²) in [5, 5.41) is 0. The van der Waals surface area contributed by atoms with Crippen LogP contribution in [-0.4, -0.2) is 6.04 Å². The zero-order valence-electron chi connectivity index (χ0n) is 31.0. The molecule has 0 N–H and O–H groups in total. The molecule has 1 heterocycles. The maximum absolute atomic E-state index is 2.48. The molecule has 0 bridgehead atoms. The van der Waals surface area contributed by atoms with Gasteiger partial charge in [-0.05, 0) is 105 Å². The second-order valence-electron chi connectivity index (χ2n) is 14.5. The molecule has 0 spiro atoms. The van der Waals surface area contributed by atoms with E-state index in [0.29, 0.717) is 0 Å². The van der Waals surface area contributed by atoms with E-state index in [1.54, 1.807) is 0 Å². The number of para-hydroxylation sites is 2. The van der Waals surface area contributed by atoms with Crippen LogP contribution in [0, 0.1) is 0 Å². The van der Waals surface area contributed by atoms with Crippen molar-refractivity contribution in [1.29, 1.82) is 0 Å². The third kappa shape index (κ3) is 6.32. The van der Waals surface area contributed by atoms with Crippen LogP contribution in [-0.2, 0) is 0 Å². The Morgan fingerprint density at radius 2 is 0.750 bits per heavy atom. The molecular formula is C54H40N2. The minimum Gasteiger partial charge on any atom is -0.333 e. The molecule has 2 nitrogen and oxygen atoms in total. The number of anilines is 5. The summed E-state index contributed by atoms with van der Waals surface area (Å²) in [5.41, 5.74) is 17.0. The Labute approximate surface area is 329 Å². The zero-order valence-corrected chi connectivity index (χ0v) is 31.0. The molecule has 0 radical (unpaired) electrons. The highest BCUT2D eigenvalue weighted by atomic mass is 15.2. The van der Waals surface area contributed by atoms with Gasteiger partial charge in [0.1, 0.15) is 0 Å². The number of nitrogens with zero attached hydrogens (tertiary/aromatic N) is 2. The Hall–Kier alpha value is -7.16. The van der Waals surface area contributed by atoms with Crippen LogP contribution >= 0.6 is 0 Å². The van der Waals surface area contributed by atoms with Crippen molar-refractivity contribution in [2.24, 2.45) is 0 Å². The lowest BCUT2D eigenvalue weighted by molar-refractivity contribution is 0.747. The van der Waals surface area contributed by atoms with Gasteiger partial charge in [-0.2, -0.15) is 0 Å². The van der Waals surface area contributed by atoms with E-state index in [1.165, 1.54) is 61.5 Å². The first kappa shape index (κ1) is 33.4. The molecule has 0 saturated carbocycles. The molecule has 2 unspecified atom stereocenters. The highest BCUT2D eigenvalue weighted by molar-refractivity contribution is 5.85. The first-order chi connectivity index (χ1) is 27.8. The van der Waals surface area contributed by atoms with Gasteiger partial charge in [-0.15, -0.1) is 0 Å². The van der Waals surface area contributed by atoms with Crippen molar-refractivity contribution in [2.75, 3.05) is 9.80 Å². The molecule has 0 saturated heterocycles. The van der Waals surface area contributed by atoms with Gasteiger partial charge < -0.3 is 9.80 Å². The molecule has 0 amide bonds. The smallest absolute Gasteiger partial charge is 0.0630 e. The predicted octanol–water partition coefficient (Wildman–Crippen LogP) is 14.4. The number of hydrogen-bond donors (Lipinski definition) is 0. The lowest BCUT2D eigenvalue weighted by atomic mass is 9.86. The quantitative estimate of drug-likeness (QED) is 0.154. The van der Waals surface area contributed by atoms with Gasteiger partial charge in [-0.3, -0.25) is 0 Å². The highest BCUT2D eigenvalue weighted by Crippen LogP contribution is 2.49. The van der Waals surface area contributed by atoms with Crippen LogP contribution in [0.5, 0.6) is 0 Å². The summed E-state index contributed by atoms with van der Waals surface area (Å²) >= 11 is 0. The fourth-order valence-electron chi connectivity index (χ4n) is 8.40. The SMILES string of the molecule is C1=CC2C(C=C1c1ccc(N(c3ccc(-c4ccccc4)cc3)c3ccc(-c4ccc(-c5ccccc5)cc4)cc3)cc1)c1ccccc1N2c1ccccc1. The summed E-state index contributed by atoms with van der Waals surface area (Å²) in [6, 6.07) is 76.8. The Balaban J connectivity index is 0.966. The van der Waals surface area contributed by atoms with E-state index in [0.717, 1.165) is 17.1 Å². The minimum atomic E-state index is 0.247. The largest absolute Gasteiger partial charge is 0.333 e. The molecule has 2 heteroatoms. The Kier molecular flexibility index (Phi) is 8.70. The van der Waals surface area contributed by atoms with E-state index in [2.05, 4.69) is 240 Å². The van der Waals surface area contributed by atoms with Crippen molar-refractivity contribution in [1.82, 2.24) is 0 Å². The van der Waals surface area contributed by atoms with E-state index in [4.69, 9.17) is 0 Å².